The van der Waals surface area contributed by atoms with E-state index < -0.39 is 0 Å². The van der Waals surface area contributed by atoms with Crippen molar-refractivity contribution >= 4 is 0 Å². The summed E-state index contributed by atoms with van der Waals surface area (Å²) in [5, 5.41) is 16.5. The first kappa shape index (κ1) is 11.2. The second-order valence-corrected chi connectivity index (χ2v) is 3.57. The maximum Gasteiger partial charge on any atom is 0.0597 e. The Morgan fingerprint density at radius 3 is 2.79 bits per heavy atom. The van der Waals surface area contributed by atoms with E-state index in [-0.39, 0.29) is 12.6 Å². The molecule has 1 unspecified atom stereocenters. The molecule has 0 aliphatic carbocycles. The lowest BCUT2D eigenvalue weighted by atomic mass is 10.2. The Morgan fingerprint density at radius 1 is 1.64 bits per heavy atom. The van der Waals surface area contributed by atoms with Crippen LogP contribution >= 0.6 is 0 Å². The predicted molar refractivity (Wildman–Crippen MR) is 55.9 cm³/mol. The molecule has 0 aliphatic heterocycles. The number of aliphatic hydroxyl groups is 1. The minimum Gasteiger partial charge on any atom is -0.395 e. The van der Waals surface area contributed by atoms with Crippen LogP contribution in [0.15, 0.2) is 6.07 Å². The summed E-state index contributed by atoms with van der Waals surface area (Å²) in [6.45, 7) is 4.99. The van der Waals surface area contributed by atoms with Gasteiger partial charge in [-0.3, -0.25) is 4.68 Å². The SMILES string of the molecule is CCC(CO)NCc1cc(C)nn1C. The smallest absolute Gasteiger partial charge is 0.0597 e. The van der Waals surface area contributed by atoms with Crippen LogP contribution in [0.25, 0.3) is 0 Å². The molecule has 4 nitrogen and oxygen atoms in total. The summed E-state index contributed by atoms with van der Waals surface area (Å²) in [6, 6.07) is 2.24. The maximum atomic E-state index is 8.99. The predicted octanol–water partition coefficient (Wildman–Crippen LogP) is 0.589. The highest BCUT2D eigenvalue weighted by Gasteiger charge is 2.06. The third-order valence-electron chi connectivity index (χ3n) is 2.38. The van der Waals surface area contributed by atoms with Gasteiger partial charge in [0.05, 0.1) is 18.0 Å². The highest BCUT2D eigenvalue weighted by atomic mass is 16.3. The first-order valence-corrected chi connectivity index (χ1v) is 5.01. The molecule has 0 spiro atoms. The van der Waals surface area contributed by atoms with Crippen molar-refractivity contribution in [3.05, 3.63) is 17.5 Å². The highest BCUT2D eigenvalue weighted by molar-refractivity contribution is 5.08. The molecule has 0 fully saturated rings. The minimum absolute atomic E-state index is 0.185. The van der Waals surface area contributed by atoms with E-state index in [9.17, 15) is 0 Å². The van der Waals surface area contributed by atoms with E-state index in [1.165, 1.54) is 0 Å². The maximum absolute atomic E-state index is 8.99. The van der Waals surface area contributed by atoms with Gasteiger partial charge in [0.2, 0.25) is 0 Å². The number of rotatable bonds is 5. The Morgan fingerprint density at radius 2 is 2.36 bits per heavy atom. The Bertz CT molecular complexity index is 279. The van der Waals surface area contributed by atoms with Gasteiger partial charge >= 0.3 is 0 Å². The van der Waals surface area contributed by atoms with Crippen LogP contribution < -0.4 is 5.32 Å². The van der Waals surface area contributed by atoms with Crippen molar-refractivity contribution in [1.29, 1.82) is 0 Å². The van der Waals surface area contributed by atoms with Gasteiger partial charge in [-0.2, -0.15) is 5.10 Å². The molecule has 2 N–H and O–H groups in total. The summed E-state index contributed by atoms with van der Waals surface area (Å²) >= 11 is 0. The molecular formula is C10H19N3O. The summed E-state index contributed by atoms with van der Waals surface area (Å²) < 4.78 is 1.87. The first-order valence-electron chi connectivity index (χ1n) is 5.01. The topological polar surface area (TPSA) is 50.1 Å². The zero-order valence-corrected chi connectivity index (χ0v) is 9.12. The van der Waals surface area contributed by atoms with E-state index in [0.29, 0.717) is 0 Å². The second kappa shape index (κ2) is 5.12. The fraction of sp³-hybridized carbons (Fsp3) is 0.700. The summed E-state index contributed by atoms with van der Waals surface area (Å²) in [5.41, 5.74) is 2.18. The van der Waals surface area contributed by atoms with Crippen molar-refractivity contribution < 1.29 is 5.11 Å². The van der Waals surface area contributed by atoms with E-state index >= 15 is 0 Å². The number of nitrogens with zero attached hydrogens (tertiary/aromatic N) is 2. The third-order valence-corrected chi connectivity index (χ3v) is 2.38. The van der Waals surface area contributed by atoms with Crippen molar-refractivity contribution in [3.8, 4) is 0 Å². The van der Waals surface area contributed by atoms with Gasteiger partial charge in [0.25, 0.3) is 0 Å². The summed E-state index contributed by atoms with van der Waals surface area (Å²) in [7, 11) is 1.93. The van der Waals surface area contributed by atoms with Gasteiger partial charge in [-0.15, -0.1) is 0 Å². The molecule has 14 heavy (non-hydrogen) atoms. The lowest BCUT2D eigenvalue weighted by Crippen LogP contribution is -2.31. The molecule has 4 heteroatoms. The molecule has 0 aliphatic rings. The monoisotopic (exact) mass is 197 g/mol. The van der Waals surface area contributed by atoms with Gasteiger partial charge in [-0.25, -0.2) is 0 Å². The molecule has 0 saturated heterocycles. The Balaban J connectivity index is 2.48. The lowest BCUT2D eigenvalue weighted by Gasteiger charge is -2.13. The Labute approximate surface area is 84.9 Å². The molecule has 1 aromatic heterocycles. The molecule has 1 heterocycles. The van der Waals surface area contributed by atoms with Crippen LogP contribution in [0.3, 0.4) is 0 Å². The van der Waals surface area contributed by atoms with Crippen molar-refractivity contribution in [2.45, 2.75) is 32.9 Å². The number of aryl methyl sites for hydroxylation is 2. The van der Waals surface area contributed by atoms with Crippen LogP contribution in [0.2, 0.25) is 0 Å². The fourth-order valence-electron chi connectivity index (χ4n) is 1.42. The molecule has 1 aromatic rings. The molecule has 1 atom stereocenters. The van der Waals surface area contributed by atoms with Crippen molar-refractivity contribution in [2.24, 2.45) is 7.05 Å². The van der Waals surface area contributed by atoms with Crippen LogP contribution in [0.4, 0.5) is 0 Å². The third kappa shape index (κ3) is 2.82. The van der Waals surface area contributed by atoms with E-state index in [1.807, 2.05) is 18.7 Å². The molecule has 0 saturated carbocycles. The number of aliphatic hydroxyl groups excluding tert-OH is 1. The summed E-state index contributed by atoms with van der Waals surface area (Å²) in [5.74, 6) is 0. The largest absolute Gasteiger partial charge is 0.395 e. The normalized spacial score (nSPS) is 13.1. The van der Waals surface area contributed by atoms with E-state index in [0.717, 1.165) is 24.4 Å². The zero-order valence-electron chi connectivity index (χ0n) is 9.12. The van der Waals surface area contributed by atoms with Crippen molar-refractivity contribution in [2.75, 3.05) is 6.61 Å². The molecule has 0 amide bonds. The van der Waals surface area contributed by atoms with Crippen molar-refractivity contribution in [3.63, 3.8) is 0 Å². The van der Waals surface area contributed by atoms with Crippen LogP contribution in [0, 0.1) is 6.92 Å². The van der Waals surface area contributed by atoms with Crippen LogP contribution in [0.5, 0.6) is 0 Å². The van der Waals surface area contributed by atoms with Crippen molar-refractivity contribution in [1.82, 2.24) is 15.1 Å². The molecule has 0 radical (unpaired) electrons. The van der Waals surface area contributed by atoms with Gasteiger partial charge in [-0.1, -0.05) is 6.92 Å². The first-order chi connectivity index (χ1) is 6.67. The zero-order chi connectivity index (χ0) is 10.6. The van der Waals surface area contributed by atoms with Crippen LogP contribution in [0.1, 0.15) is 24.7 Å². The highest BCUT2D eigenvalue weighted by Crippen LogP contribution is 2.02. The molecule has 0 bridgehead atoms. The van der Waals surface area contributed by atoms with Crippen LogP contribution in [-0.4, -0.2) is 27.5 Å². The minimum atomic E-state index is 0.185. The molecule has 0 aromatic carbocycles. The van der Waals surface area contributed by atoms with E-state index in [2.05, 4.69) is 23.4 Å². The van der Waals surface area contributed by atoms with E-state index in [4.69, 9.17) is 5.11 Å². The lowest BCUT2D eigenvalue weighted by molar-refractivity contribution is 0.237. The molecule has 80 valence electrons. The number of hydrogen-bond acceptors (Lipinski definition) is 3. The molecular weight excluding hydrogens is 178 g/mol. The van der Waals surface area contributed by atoms with Gasteiger partial charge in [0, 0.05) is 19.6 Å². The number of nitrogens with one attached hydrogen (secondary N) is 1. The Kier molecular flexibility index (Phi) is 4.10. The Hall–Kier alpha value is -0.870. The van der Waals surface area contributed by atoms with Gasteiger partial charge in [0.15, 0.2) is 0 Å². The summed E-state index contributed by atoms with van der Waals surface area (Å²) in [6.07, 6.45) is 0.938. The second-order valence-electron chi connectivity index (χ2n) is 3.57. The van der Waals surface area contributed by atoms with E-state index in [1.54, 1.807) is 0 Å². The van der Waals surface area contributed by atoms with Gasteiger partial charge in [0.1, 0.15) is 0 Å². The summed E-state index contributed by atoms with van der Waals surface area (Å²) in [4.78, 5) is 0. The fourth-order valence-corrected chi connectivity index (χ4v) is 1.42. The van der Waals surface area contributed by atoms with Gasteiger partial charge < -0.3 is 10.4 Å². The number of aromatic nitrogens is 2. The quantitative estimate of drug-likeness (QED) is 0.726. The standard InChI is InChI=1S/C10H19N3O/c1-4-9(7-14)11-6-10-5-8(2)12-13(10)3/h5,9,11,14H,4,6-7H2,1-3H3. The molecule has 1 rings (SSSR count). The number of hydrogen-bond donors (Lipinski definition) is 2. The average molecular weight is 197 g/mol. The average Bonchev–Trinajstić information content (AvgIpc) is 2.47. The van der Waals surface area contributed by atoms with Crippen LogP contribution in [-0.2, 0) is 13.6 Å². The van der Waals surface area contributed by atoms with Gasteiger partial charge in [-0.05, 0) is 19.4 Å².